The number of carboxylic acids is 1. The topological polar surface area (TPSA) is 88.0 Å². The van der Waals surface area contributed by atoms with Crippen LogP contribution in [0.1, 0.15) is 18.1 Å². The zero-order valence-corrected chi connectivity index (χ0v) is 15.4. The molecule has 1 unspecified atom stereocenters. The summed E-state index contributed by atoms with van der Waals surface area (Å²) in [4.78, 5) is 11.8. The largest absolute Gasteiger partial charge is 0.493 e. The average Bonchev–Trinajstić information content (AvgIpc) is 2.66. The second kappa shape index (κ2) is 9.34. The van der Waals surface area contributed by atoms with Crippen LogP contribution in [0, 0.1) is 5.82 Å². The summed E-state index contributed by atoms with van der Waals surface area (Å²) in [6.07, 6.45) is 0. The van der Waals surface area contributed by atoms with Crippen molar-refractivity contribution in [1.29, 1.82) is 0 Å². The van der Waals surface area contributed by atoms with Crippen molar-refractivity contribution >= 4 is 5.97 Å². The molecule has 0 heterocycles. The number of halogens is 1. The molecule has 6 nitrogen and oxygen atoms in total. The molecule has 0 aliphatic carbocycles. The van der Waals surface area contributed by atoms with E-state index < -0.39 is 17.2 Å². The molecule has 0 fully saturated rings. The lowest BCUT2D eigenvalue weighted by Crippen LogP contribution is -2.42. The molecule has 0 saturated heterocycles. The second-order valence-electron chi connectivity index (χ2n) is 6.30. The number of ether oxygens (including phenoxy) is 2. The van der Waals surface area contributed by atoms with E-state index in [0.717, 1.165) is 5.56 Å². The van der Waals surface area contributed by atoms with Gasteiger partial charge in [-0.05, 0) is 42.3 Å². The van der Waals surface area contributed by atoms with Gasteiger partial charge in [0.05, 0.1) is 13.7 Å². The van der Waals surface area contributed by atoms with Crippen molar-refractivity contribution in [2.24, 2.45) is 0 Å². The monoisotopic (exact) mass is 377 g/mol. The first-order valence-corrected chi connectivity index (χ1v) is 8.51. The van der Waals surface area contributed by atoms with Crippen molar-refractivity contribution in [3.63, 3.8) is 0 Å². The molecule has 3 N–H and O–H groups in total. The Labute approximate surface area is 157 Å². The number of carboxylic acid groups (broad SMARTS) is 1. The molecular weight excluding hydrogens is 353 g/mol. The number of methoxy groups -OCH3 is 1. The van der Waals surface area contributed by atoms with Crippen LogP contribution in [-0.4, -0.2) is 43.1 Å². The van der Waals surface area contributed by atoms with Crippen molar-refractivity contribution in [3.05, 3.63) is 59.4 Å². The number of hydrogen-bond donors (Lipinski definition) is 3. The Balaban J connectivity index is 2.08. The zero-order valence-electron chi connectivity index (χ0n) is 15.4. The van der Waals surface area contributed by atoms with E-state index >= 15 is 0 Å². The molecule has 2 aromatic carbocycles. The molecule has 0 aromatic heterocycles. The van der Waals surface area contributed by atoms with Gasteiger partial charge < -0.3 is 25.0 Å². The highest BCUT2D eigenvalue weighted by Gasteiger charge is 2.34. The van der Waals surface area contributed by atoms with Crippen molar-refractivity contribution in [3.8, 4) is 11.5 Å². The van der Waals surface area contributed by atoms with Crippen molar-refractivity contribution < 1.29 is 28.9 Å². The van der Waals surface area contributed by atoms with Crippen LogP contribution in [0.3, 0.4) is 0 Å². The average molecular weight is 377 g/mol. The number of aliphatic carboxylic acids is 1. The maximum absolute atomic E-state index is 13.1. The van der Waals surface area contributed by atoms with Crippen molar-refractivity contribution in [2.75, 3.05) is 26.9 Å². The highest BCUT2D eigenvalue weighted by atomic mass is 19.1. The molecule has 7 heteroatoms. The van der Waals surface area contributed by atoms with Crippen LogP contribution in [0.4, 0.5) is 4.39 Å². The molecule has 0 bridgehead atoms. The summed E-state index contributed by atoms with van der Waals surface area (Å²) >= 11 is 0. The summed E-state index contributed by atoms with van der Waals surface area (Å²) in [5, 5.41) is 21.7. The Morgan fingerprint density at radius 1 is 1.19 bits per heavy atom. The minimum atomic E-state index is -1.20. The quantitative estimate of drug-likeness (QED) is 0.589. The molecule has 0 amide bonds. The van der Waals surface area contributed by atoms with Gasteiger partial charge in [0.2, 0.25) is 0 Å². The first-order valence-electron chi connectivity index (χ1n) is 8.51. The van der Waals surface area contributed by atoms with Gasteiger partial charge in [0.15, 0.2) is 11.5 Å². The molecule has 0 spiro atoms. The summed E-state index contributed by atoms with van der Waals surface area (Å²) in [6.45, 7) is 2.20. The minimum absolute atomic E-state index is 0.111. The van der Waals surface area contributed by atoms with E-state index in [1.54, 1.807) is 19.1 Å². The third-order valence-corrected chi connectivity index (χ3v) is 4.34. The van der Waals surface area contributed by atoms with Crippen LogP contribution < -0.4 is 14.8 Å². The third kappa shape index (κ3) is 5.18. The predicted octanol–water partition coefficient (Wildman–Crippen LogP) is 2.34. The number of aliphatic hydroxyl groups is 1. The molecule has 0 aliphatic heterocycles. The number of rotatable bonds is 10. The first-order chi connectivity index (χ1) is 12.9. The molecule has 0 radical (unpaired) electrons. The van der Waals surface area contributed by atoms with Gasteiger partial charge in [0.1, 0.15) is 17.8 Å². The maximum atomic E-state index is 13.1. The lowest BCUT2D eigenvalue weighted by Gasteiger charge is -2.26. The summed E-state index contributed by atoms with van der Waals surface area (Å²) in [5.41, 5.74) is 0.192. The standard InChI is InChI=1S/C20H24FNO5/c1-20(19(24)25,15-4-6-16(21)7-5-15)13-22-12-14-3-8-17(26-2)18(11-14)27-10-9-23/h3-8,11,22-23H,9-10,12-13H2,1-2H3,(H,24,25). The Bertz CT molecular complexity index is 765. The van der Waals surface area contributed by atoms with E-state index in [1.807, 2.05) is 6.07 Å². The fraction of sp³-hybridized carbons (Fsp3) is 0.350. The molecule has 27 heavy (non-hydrogen) atoms. The van der Waals surface area contributed by atoms with Crippen LogP contribution >= 0.6 is 0 Å². The molecule has 1 atom stereocenters. The molecular formula is C20H24FNO5. The van der Waals surface area contributed by atoms with E-state index in [2.05, 4.69) is 5.32 Å². The molecule has 0 saturated carbocycles. The van der Waals surface area contributed by atoms with Gasteiger partial charge in [-0.15, -0.1) is 0 Å². The Morgan fingerprint density at radius 3 is 2.48 bits per heavy atom. The van der Waals surface area contributed by atoms with Gasteiger partial charge in [-0.2, -0.15) is 0 Å². The van der Waals surface area contributed by atoms with E-state index in [1.165, 1.54) is 31.4 Å². The second-order valence-corrected chi connectivity index (χ2v) is 6.30. The van der Waals surface area contributed by atoms with E-state index in [9.17, 15) is 14.3 Å². The minimum Gasteiger partial charge on any atom is -0.493 e. The van der Waals surface area contributed by atoms with Gasteiger partial charge in [-0.1, -0.05) is 18.2 Å². The van der Waals surface area contributed by atoms with Gasteiger partial charge in [-0.25, -0.2) is 4.39 Å². The third-order valence-electron chi connectivity index (χ3n) is 4.34. The van der Waals surface area contributed by atoms with Crippen LogP contribution in [0.25, 0.3) is 0 Å². The van der Waals surface area contributed by atoms with Gasteiger partial charge in [0, 0.05) is 13.1 Å². The summed E-state index contributed by atoms with van der Waals surface area (Å²) in [7, 11) is 1.53. The Kier molecular flexibility index (Phi) is 7.15. The number of aliphatic hydroxyl groups excluding tert-OH is 1. The normalized spacial score (nSPS) is 13.0. The van der Waals surface area contributed by atoms with E-state index in [0.29, 0.717) is 23.6 Å². The molecule has 146 valence electrons. The lowest BCUT2D eigenvalue weighted by molar-refractivity contribution is -0.143. The zero-order chi connectivity index (χ0) is 19.9. The summed E-state index contributed by atoms with van der Waals surface area (Å²) < 4.78 is 23.8. The molecule has 2 rings (SSSR count). The predicted molar refractivity (Wildman–Crippen MR) is 98.7 cm³/mol. The van der Waals surface area contributed by atoms with Crippen molar-refractivity contribution in [2.45, 2.75) is 18.9 Å². The number of hydrogen-bond acceptors (Lipinski definition) is 5. The smallest absolute Gasteiger partial charge is 0.315 e. The van der Waals surface area contributed by atoms with Gasteiger partial charge in [0.25, 0.3) is 0 Å². The SMILES string of the molecule is COc1ccc(CNCC(C)(C(=O)O)c2ccc(F)cc2)cc1OCCO. The number of carbonyl (C=O) groups is 1. The highest BCUT2D eigenvalue weighted by Crippen LogP contribution is 2.28. The van der Waals surface area contributed by atoms with E-state index in [-0.39, 0.29) is 19.8 Å². The van der Waals surface area contributed by atoms with Gasteiger partial charge in [-0.3, -0.25) is 4.79 Å². The molecule has 0 aliphatic rings. The Hall–Kier alpha value is -2.64. The molecule has 2 aromatic rings. The Morgan fingerprint density at radius 2 is 1.89 bits per heavy atom. The lowest BCUT2D eigenvalue weighted by atomic mass is 9.82. The van der Waals surface area contributed by atoms with Gasteiger partial charge >= 0.3 is 5.97 Å². The fourth-order valence-corrected chi connectivity index (χ4v) is 2.68. The number of benzene rings is 2. The van der Waals surface area contributed by atoms with Crippen LogP contribution in [0.5, 0.6) is 11.5 Å². The highest BCUT2D eigenvalue weighted by molar-refractivity contribution is 5.81. The van der Waals surface area contributed by atoms with E-state index in [4.69, 9.17) is 14.6 Å². The summed E-state index contributed by atoms with van der Waals surface area (Å²) in [5.74, 6) is -0.351. The van der Waals surface area contributed by atoms with Crippen LogP contribution in [0.15, 0.2) is 42.5 Å². The maximum Gasteiger partial charge on any atom is 0.315 e. The number of nitrogens with one attached hydrogen (secondary N) is 1. The van der Waals surface area contributed by atoms with Crippen LogP contribution in [0.2, 0.25) is 0 Å². The van der Waals surface area contributed by atoms with Crippen molar-refractivity contribution in [1.82, 2.24) is 5.32 Å². The fourth-order valence-electron chi connectivity index (χ4n) is 2.68. The van der Waals surface area contributed by atoms with Crippen LogP contribution in [-0.2, 0) is 16.8 Å². The summed E-state index contributed by atoms with van der Waals surface area (Å²) in [6, 6.07) is 10.8. The first kappa shape index (κ1) is 20.7.